The highest BCUT2D eigenvalue weighted by Gasteiger charge is 2.20. The molecule has 12 heteroatoms. The Labute approximate surface area is 193 Å². The molecule has 0 bridgehead atoms. The average molecular weight is 471 g/mol. The van der Waals surface area contributed by atoms with E-state index in [4.69, 9.17) is 10.2 Å². The van der Waals surface area contributed by atoms with E-state index in [1.807, 2.05) is 0 Å². The Hall–Kier alpha value is -4.09. The van der Waals surface area contributed by atoms with Crippen LogP contribution in [0.4, 0.5) is 32.0 Å². The van der Waals surface area contributed by atoms with E-state index < -0.39 is 17.5 Å². The Kier molecular flexibility index (Phi) is 6.95. The molecular weight excluding hydrogens is 448 g/mol. The van der Waals surface area contributed by atoms with E-state index in [1.165, 1.54) is 12.3 Å². The fourth-order valence-corrected chi connectivity index (χ4v) is 3.72. The van der Waals surface area contributed by atoms with E-state index in [9.17, 15) is 18.4 Å². The largest absolute Gasteiger partial charge is 0.399 e. The first-order chi connectivity index (χ1) is 16.4. The second-order valence-electron chi connectivity index (χ2n) is 7.90. The van der Waals surface area contributed by atoms with Crippen LogP contribution in [0.3, 0.4) is 0 Å². The van der Waals surface area contributed by atoms with Gasteiger partial charge < -0.3 is 25.7 Å². The van der Waals surface area contributed by atoms with E-state index in [0.717, 1.165) is 56.7 Å². The molecule has 2 amide bonds. The summed E-state index contributed by atoms with van der Waals surface area (Å²) in [5.41, 5.74) is 6.05. The Morgan fingerprint density at radius 2 is 1.76 bits per heavy atom. The highest BCUT2D eigenvalue weighted by Crippen LogP contribution is 2.22. The van der Waals surface area contributed by atoms with Gasteiger partial charge in [0.25, 0.3) is 0 Å². The van der Waals surface area contributed by atoms with Gasteiger partial charge in [-0.05, 0) is 49.9 Å². The lowest BCUT2D eigenvalue weighted by atomic mass is 9.95. The van der Waals surface area contributed by atoms with Crippen molar-refractivity contribution in [1.29, 1.82) is 0 Å². The number of hydrogen-bond donors (Lipinski definition) is 3. The van der Waals surface area contributed by atoms with Crippen LogP contribution in [0.5, 0.6) is 0 Å². The lowest BCUT2D eigenvalue weighted by Gasteiger charge is -2.28. The molecule has 0 radical (unpaired) electrons. The number of primary amides is 1. The van der Waals surface area contributed by atoms with E-state index in [1.54, 1.807) is 12.1 Å². The number of rotatable bonds is 6. The molecule has 0 saturated carbocycles. The van der Waals surface area contributed by atoms with E-state index in [0.29, 0.717) is 5.69 Å². The third kappa shape index (κ3) is 5.63. The Morgan fingerprint density at radius 1 is 1.03 bits per heavy atom. The third-order valence-electron chi connectivity index (χ3n) is 5.48. The van der Waals surface area contributed by atoms with Gasteiger partial charge in [0, 0.05) is 30.8 Å². The molecule has 1 aliphatic rings. The highest BCUT2D eigenvalue weighted by atomic mass is 19.2. The Morgan fingerprint density at radius 3 is 2.41 bits per heavy atom. The van der Waals surface area contributed by atoms with Gasteiger partial charge in [-0.3, -0.25) is 9.59 Å². The van der Waals surface area contributed by atoms with Gasteiger partial charge in [-0.25, -0.2) is 13.8 Å². The van der Waals surface area contributed by atoms with Crippen LogP contribution in [0, 0.1) is 17.6 Å². The first-order valence-corrected chi connectivity index (χ1v) is 10.8. The maximum atomic E-state index is 13.3. The summed E-state index contributed by atoms with van der Waals surface area (Å²) in [6.45, 7) is 1.52. The number of hydrogen-bond acceptors (Lipinski definition) is 8. The SMILES string of the molecule is NC(=O)C1CCCN(c2ccc(NC(=O)c3nnc(Nc4ccc(F)c(F)c4)o3)cn2)CCC1. The summed E-state index contributed by atoms with van der Waals surface area (Å²) in [5, 5.41) is 12.6. The molecule has 3 heterocycles. The summed E-state index contributed by atoms with van der Waals surface area (Å²) < 4.78 is 31.6. The second kappa shape index (κ2) is 10.2. The first kappa shape index (κ1) is 23.1. The van der Waals surface area contributed by atoms with Gasteiger partial charge in [0.15, 0.2) is 11.6 Å². The van der Waals surface area contributed by atoms with Crippen LogP contribution in [0.25, 0.3) is 0 Å². The lowest BCUT2D eigenvalue weighted by Crippen LogP contribution is -2.32. The number of nitrogens with one attached hydrogen (secondary N) is 2. The van der Waals surface area contributed by atoms with Crippen molar-refractivity contribution in [2.24, 2.45) is 11.7 Å². The zero-order valence-electron chi connectivity index (χ0n) is 18.1. The van der Waals surface area contributed by atoms with Crippen molar-refractivity contribution < 1.29 is 22.8 Å². The summed E-state index contributed by atoms with van der Waals surface area (Å²) in [6.07, 6.45) is 4.72. The van der Waals surface area contributed by atoms with Crippen LogP contribution in [-0.2, 0) is 4.79 Å². The van der Waals surface area contributed by atoms with Gasteiger partial charge >= 0.3 is 17.8 Å². The van der Waals surface area contributed by atoms with Crippen LogP contribution in [0.15, 0.2) is 40.9 Å². The number of nitrogens with zero attached hydrogens (tertiary/aromatic N) is 4. The minimum Gasteiger partial charge on any atom is -0.399 e. The summed E-state index contributed by atoms with van der Waals surface area (Å²) >= 11 is 0. The zero-order valence-corrected chi connectivity index (χ0v) is 18.1. The number of pyridine rings is 1. The van der Waals surface area contributed by atoms with Gasteiger partial charge in [-0.1, -0.05) is 5.10 Å². The maximum absolute atomic E-state index is 13.3. The van der Waals surface area contributed by atoms with Crippen molar-refractivity contribution in [2.75, 3.05) is 28.6 Å². The molecule has 178 valence electrons. The van der Waals surface area contributed by atoms with Crippen molar-refractivity contribution in [3.63, 3.8) is 0 Å². The quantitative estimate of drug-likeness (QED) is 0.498. The smallest absolute Gasteiger partial charge is 0.320 e. The predicted octanol–water partition coefficient (Wildman–Crippen LogP) is 3.22. The molecule has 4 N–H and O–H groups in total. The van der Waals surface area contributed by atoms with Crippen LogP contribution >= 0.6 is 0 Å². The molecule has 1 aromatic carbocycles. The van der Waals surface area contributed by atoms with Crippen LogP contribution in [0.1, 0.15) is 36.4 Å². The minimum absolute atomic E-state index is 0.0648. The fraction of sp³-hybridized carbons (Fsp3) is 0.318. The van der Waals surface area contributed by atoms with Crippen LogP contribution in [-0.4, -0.2) is 40.1 Å². The summed E-state index contributed by atoms with van der Waals surface area (Å²) in [6, 6.07) is 6.52. The lowest BCUT2D eigenvalue weighted by molar-refractivity contribution is -0.122. The van der Waals surface area contributed by atoms with E-state index >= 15 is 0 Å². The molecule has 0 atom stereocenters. The van der Waals surface area contributed by atoms with Crippen LogP contribution < -0.4 is 21.3 Å². The molecule has 10 nitrogen and oxygen atoms in total. The van der Waals surface area contributed by atoms with Gasteiger partial charge in [-0.2, -0.15) is 0 Å². The predicted molar refractivity (Wildman–Crippen MR) is 119 cm³/mol. The number of anilines is 4. The topological polar surface area (TPSA) is 139 Å². The number of halogens is 2. The summed E-state index contributed by atoms with van der Waals surface area (Å²) in [5.74, 6) is -2.52. The number of aromatic nitrogens is 3. The zero-order chi connectivity index (χ0) is 24.1. The van der Waals surface area contributed by atoms with E-state index in [-0.39, 0.29) is 29.4 Å². The normalized spacial score (nSPS) is 14.8. The molecule has 1 fully saturated rings. The molecule has 3 aromatic rings. The number of nitrogens with two attached hydrogens (primary N) is 1. The average Bonchev–Trinajstić information content (AvgIpc) is 3.25. The first-order valence-electron chi connectivity index (χ1n) is 10.8. The van der Waals surface area contributed by atoms with Crippen molar-refractivity contribution in [3.05, 3.63) is 54.1 Å². The number of benzene rings is 1. The molecular formula is C22H23F2N7O3. The summed E-state index contributed by atoms with van der Waals surface area (Å²) in [7, 11) is 0. The van der Waals surface area contributed by atoms with Crippen molar-refractivity contribution in [3.8, 4) is 0 Å². The van der Waals surface area contributed by atoms with Gasteiger partial charge in [0.05, 0.1) is 11.9 Å². The molecule has 0 aliphatic carbocycles. The van der Waals surface area contributed by atoms with Crippen molar-refractivity contribution >= 4 is 35.0 Å². The third-order valence-corrected chi connectivity index (χ3v) is 5.48. The molecule has 4 rings (SSSR count). The van der Waals surface area contributed by atoms with Gasteiger partial charge in [-0.15, -0.1) is 5.10 Å². The highest BCUT2D eigenvalue weighted by molar-refractivity contribution is 6.00. The summed E-state index contributed by atoms with van der Waals surface area (Å²) in [4.78, 5) is 30.4. The second-order valence-corrected chi connectivity index (χ2v) is 7.90. The molecule has 1 aliphatic heterocycles. The Bertz CT molecular complexity index is 1160. The number of carbonyl (C=O) groups excluding carboxylic acids is 2. The number of carbonyl (C=O) groups is 2. The van der Waals surface area contributed by atoms with Crippen molar-refractivity contribution in [1.82, 2.24) is 15.2 Å². The molecule has 34 heavy (non-hydrogen) atoms. The fourth-order valence-electron chi connectivity index (χ4n) is 3.72. The number of amides is 2. The molecule has 1 saturated heterocycles. The molecule has 0 spiro atoms. The monoisotopic (exact) mass is 471 g/mol. The molecule has 0 unspecified atom stereocenters. The standard InChI is InChI=1S/C22H23F2N7O3/c23-16-7-5-14(11-17(16)24)28-22-30-29-21(34-22)20(33)27-15-6-8-18(26-12-15)31-9-1-3-13(19(25)32)4-2-10-31/h5-8,11-13H,1-4,9-10H2,(H2,25,32)(H,27,33)(H,28,30). The minimum atomic E-state index is -1.04. The van der Waals surface area contributed by atoms with Crippen LogP contribution in [0.2, 0.25) is 0 Å². The molecule has 2 aromatic heterocycles. The van der Waals surface area contributed by atoms with Gasteiger partial charge in [0.1, 0.15) is 5.82 Å². The maximum Gasteiger partial charge on any atom is 0.320 e. The van der Waals surface area contributed by atoms with Gasteiger partial charge in [0.2, 0.25) is 5.91 Å². The van der Waals surface area contributed by atoms with E-state index in [2.05, 4.69) is 30.7 Å². The van der Waals surface area contributed by atoms with Crippen molar-refractivity contribution in [2.45, 2.75) is 25.7 Å². The Balaban J connectivity index is 1.33.